The first-order valence-electron chi connectivity index (χ1n) is 9.22. The van der Waals surface area contributed by atoms with Crippen LogP contribution in [0.4, 0.5) is 5.69 Å². The van der Waals surface area contributed by atoms with E-state index in [-0.39, 0.29) is 22.2 Å². The van der Waals surface area contributed by atoms with Crippen LogP contribution in [0.5, 0.6) is 5.75 Å². The number of benzene rings is 2. The number of ether oxygens (including phenoxy) is 1. The number of anilines is 1. The van der Waals surface area contributed by atoms with E-state index in [0.717, 1.165) is 9.87 Å². The summed E-state index contributed by atoms with van der Waals surface area (Å²) >= 11 is 1.23. The van der Waals surface area contributed by atoms with Crippen LogP contribution in [0, 0.1) is 0 Å². The second-order valence-corrected chi connectivity index (χ2v) is 9.81. The molecule has 3 aromatic rings. The highest BCUT2D eigenvalue weighted by atomic mass is 32.2. The molecule has 0 unspecified atom stereocenters. The van der Waals surface area contributed by atoms with Crippen molar-refractivity contribution in [1.29, 1.82) is 0 Å². The van der Waals surface area contributed by atoms with Gasteiger partial charge in [-0.15, -0.1) is 10.2 Å². The molecule has 0 aliphatic rings. The largest absolute Gasteiger partial charge is 0.495 e. The van der Waals surface area contributed by atoms with Crippen molar-refractivity contribution >= 4 is 33.4 Å². The molecule has 11 heteroatoms. The van der Waals surface area contributed by atoms with Gasteiger partial charge in [-0.3, -0.25) is 4.79 Å². The van der Waals surface area contributed by atoms with Crippen LogP contribution in [0.1, 0.15) is 0 Å². The molecule has 1 aromatic heterocycles. The Morgan fingerprint density at radius 1 is 1.16 bits per heavy atom. The van der Waals surface area contributed by atoms with E-state index in [1.807, 2.05) is 41.9 Å². The number of nitrogens with one attached hydrogen (secondary N) is 1. The Morgan fingerprint density at radius 3 is 2.52 bits per heavy atom. The molecule has 2 aromatic carbocycles. The van der Waals surface area contributed by atoms with Gasteiger partial charge in [-0.25, -0.2) is 12.7 Å². The van der Waals surface area contributed by atoms with Crippen molar-refractivity contribution < 1.29 is 17.9 Å². The molecule has 0 saturated carbocycles. The Bertz CT molecular complexity index is 1180. The van der Waals surface area contributed by atoms with E-state index < -0.39 is 10.0 Å². The minimum atomic E-state index is -3.65. The fourth-order valence-electron chi connectivity index (χ4n) is 2.75. The van der Waals surface area contributed by atoms with Gasteiger partial charge in [0.15, 0.2) is 11.0 Å². The first-order valence-corrected chi connectivity index (χ1v) is 11.6. The van der Waals surface area contributed by atoms with E-state index >= 15 is 0 Å². The fourth-order valence-corrected chi connectivity index (χ4v) is 4.39. The number of hydrogen-bond donors (Lipinski definition) is 1. The van der Waals surface area contributed by atoms with Crippen molar-refractivity contribution in [3.8, 4) is 17.1 Å². The molecule has 0 spiro atoms. The molecule has 3 rings (SSSR count). The third-order valence-corrected chi connectivity index (χ3v) is 7.25. The first-order chi connectivity index (χ1) is 14.7. The summed E-state index contributed by atoms with van der Waals surface area (Å²) < 4.78 is 33.0. The quantitative estimate of drug-likeness (QED) is 0.514. The molecule has 1 amide bonds. The van der Waals surface area contributed by atoms with Crippen LogP contribution in [-0.4, -0.2) is 60.4 Å². The van der Waals surface area contributed by atoms with Gasteiger partial charge in [-0.05, 0) is 18.2 Å². The lowest BCUT2D eigenvalue weighted by molar-refractivity contribution is -0.113. The molecule has 0 fully saturated rings. The SMILES string of the molecule is COc1ccc(S(=O)(=O)N(C)C)cc1NC(=O)CSc1nnc(-c2ccccc2)n1C. The van der Waals surface area contributed by atoms with E-state index in [1.54, 1.807) is 0 Å². The summed E-state index contributed by atoms with van der Waals surface area (Å²) in [5, 5.41) is 11.7. The average Bonchev–Trinajstić information content (AvgIpc) is 3.13. The minimum Gasteiger partial charge on any atom is -0.495 e. The van der Waals surface area contributed by atoms with Gasteiger partial charge in [-0.2, -0.15) is 0 Å². The Morgan fingerprint density at radius 2 is 1.87 bits per heavy atom. The Balaban J connectivity index is 1.72. The average molecular weight is 462 g/mol. The molecule has 31 heavy (non-hydrogen) atoms. The topological polar surface area (TPSA) is 106 Å². The maximum Gasteiger partial charge on any atom is 0.242 e. The van der Waals surface area contributed by atoms with Gasteiger partial charge in [0.25, 0.3) is 0 Å². The van der Waals surface area contributed by atoms with Gasteiger partial charge < -0.3 is 14.6 Å². The van der Waals surface area contributed by atoms with Crippen molar-refractivity contribution in [3.63, 3.8) is 0 Å². The van der Waals surface area contributed by atoms with Crippen LogP contribution in [0.3, 0.4) is 0 Å². The molecule has 0 bridgehead atoms. The van der Waals surface area contributed by atoms with Gasteiger partial charge in [0, 0.05) is 26.7 Å². The van der Waals surface area contributed by atoms with Crippen LogP contribution < -0.4 is 10.1 Å². The Kier molecular flexibility index (Phi) is 6.98. The monoisotopic (exact) mass is 461 g/mol. The number of rotatable bonds is 8. The molecular formula is C20H23N5O4S2. The molecule has 0 atom stereocenters. The number of carbonyl (C=O) groups is 1. The molecule has 0 aliphatic carbocycles. The number of hydrogen-bond acceptors (Lipinski definition) is 7. The summed E-state index contributed by atoms with van der Waals surface area (Å²) in [4.78, 5) is 12.6. The van der Waals surface area contributed by atoms with Crippen molar-refractivity contribution in [2.45, 2.75) is 10.1 Å². The number of thioether (sulfide) groups is 1. The highest BCUT2D eigenvalue weighted by Crippen LogP contribution is 2.29. The van der Waals surface area contributed by atoms with Crippen molar-refractivity contribution in [1.82, 2.24) is 19.1 Å². The van der Waals surface area contributed by atoms with Crippen LogP contribution >= 0.6 is 11.8 Å². The fraction of sp³-hybridized carbons (Fsp3) is 0.250. The minimum absolute atomic E-state index is 0.0575. The molecule has 0 aliphatic heterocycles. The lowest BCUT2D eigenvalue weighted by atomic mass is 10.2. The Hall–Kier alpha value is -2.89. The van der Waals surface area contributed by atoms with Crippen molar-refractivity contribution in [3.05, 3.63) is 48.5 Å². The zero-order valence-corrected chi connectivity index (χ0v) is 19.2. The van der Waals surface area contributed by atoms with Crippen LogP contribution in [-0.2, 0) is 21.9 Å². The van der Waals surface area contributed by atoms with Gasteiger partial charge >= 0.3 is 0 Å². The number of carbonyl (C=O) groups excluding carboxylic acids is 1. The molecule has 1 N–H and O–H groups in total. The summed E-state index contributed by atoms with van der Waals surface area (Å²) in [5.74, 6) is 0.800. The maximum atomic E-state index is 12.5. The van der Waals surface area contributed by atoms with Crippen molar-refractivity contribution in [2.24, 2.45) is 7.05 Å². The lowest BCUT2D eigenvalue weighted by Gasteiger charge is -2.15. The number of methoxy groups -OCH3 is 1. The first kappa shape index (κ1) is 22.8. The van der Waals surface area contributed by atoms with Crippen LogP contribution in [0.2, 0.25) is 0 Å². The van der Waals surface area contributed by atoms with Crippen LogP contribution in [0.15, 0.2) is 58.6 Å². The third kappa shape index (κ3) is 5.06. The molecular weight excluding hydrogens is 438 g/mol. The Labute approximate surface area is 185 Å². The molecule has 1 heterocycles. The molecule has 0 radical (unpaired) electrons. The van der Waals surface area contributed by atoms with Gasteiger partial charge in [0.05, 0.1) is 23.4 Å². The second-order valence-electron chi connectivity index (χ2n) is 6.72. The highest BCUT2D eigenvalue weighted by Gasteiger charge is 2.20. The smallest absolute Gasteiger partial charge is 0.242 e. The predicted octanol–water partition coefficient (Wildman–Crippen LogP) is 2.47. The zero-order valence-electron chi connectivity index (χ0n) is 17.6. The highest BCUT2D eigenvalue weighted by molar-refractivity contribution is 7.99. The standard InChI is InChI=1S/C20H23N5O4S2/c1-24(2)31(27,28)15-10-11-17(29-4)16(12-15)21-18(26)13-30-20-23-22-19(25(20)3)14-8-6-5-7-9-14/h5-12H,13H2,1-4H3,(H,21,26). The summed E-state index contributed by atoms with van der Waals surface area (Å²) in [5.41, 5.74) is 1.21. The molecule has 164 valence electrons. The molecule has 0 saturated heterocycles. The predicted molar refractivity (Wildman–Crippen MR) is 120 cm³/mol. The normalized spacial score (nSPS) is 11.5. The van der Waals surface area contributed by atoms with Crippen LogP contribution in [0.25, 0.3) is 11.4 Å². The van der Waals surface area contributed by atoms with Gasteiger partial charge in [0.1, 0.15) is 5.75 Å². The number of aromatic nitrogens is 3. The van der Waals surface area contributed by atoms with E-state index in [4.69, 9.17) is 4.74 Å². The van der Waals surface area contributed by atoms with Crippen molar-refractivity contribution in [2.75, 3.05) is 32.3 Å². The number of amides is 1. The zero-order chi connectivity index (χ0) is 22.6. The van der Waals surface area contributed by atoms with E-state index in [1.165, 1.54) is 51.2 Å². The maximum absolute atomic E-state index is 12.5. The van der Waals surface area contributed by atoms with Gasteiger partial charge in [-0.1, -0.05) is 42.1 Å². The second kappa shape index (κ2) is 9.50. The van der Waals surface area contributed by atoms with E-state index in [0.29, 0.717) is 16.7 Å². The number of sulfonamides is 1. The summed E-state index contributed by atoms with van der Waals surface area (Å²) in [6, 6.07) is 14.0. The molecule has 9 nitrogen and oxygen atoms in total. The van der Waals surface area contributed by atoms with Gasteiger partial charge in [0.2, 0.25) is 15.9 Å². The number of nitrogens with zero attached hydrogens (tertiary/aromatic N) is 4. The third-order valence-electron chi connectivity index (χ3n) is 4.42. The lowest BCUT2D eigenvalue weighted by Crippen LogP contribution is -2.22. The summed E-state index contributed by atoms with van der Waals surface area (Å²) in [7, 11) is 2.53. The van der Waals surface area contributed by atoms with E-state index in [9.17, 15) is 13.2 Å². The summed E-state index contributed by atoms with van der Waals surface area (Å²) in [6.45, 7) is 0. The van der Waals surface area contributed by atoms with E-state index in [2.05, 4.69) is 15.5 Å². The summed E-state index contributed by atoms with van der Waals surface area (Å²) in [6.07, 6.45) is 0.